The van der Waals surface area contributed by atoms with Crippen LogP contribution in [-0.2, 0) is 0 Å². The van der Waals surface area contributed by atoms with E-state index in [-0.39, 0.29) is 5.91 Å². The first-order valence-electron chi connectivity index (χ1n) is 6.50. The molecule has 0 aliphatic heterocycles. The summed E-state index contributed by atoms with van der Waals surface area (Å²) in [4.78, 5) is 11.9. The lowest BCUT2D eigenvalue weighted by atomic mass is 10.2. The first kappa shape index (κ1) is 13.1. The Morgan fingerprint density at radius 2 is 1.58 bits per heavy atom. The highest BCUT2D eigenvalue weighted by Gasteiger charge is 2.04. The third-order valence-corrected chi connectivity index (χ3v) is 2.76. The van der Waals surface area contributed by atoms with Gasteiger partial charge in [-0.2, -0.15) is 0 Å². The SMILES string of the molecule is CCCNc1ccc(NC(=O)c2ccccc2)cc1. The Balaban J connectivity index is 1.98. The predicted octanol–water partition coefficient (Wildman–Crippen LogP) is 3.76. The maximum Gasteiger partial charge on any atom is 0.255 e. The highest BCUT2D eigenvalue weighted by atomic mass is 16.1. The second-order valence-corrected chi connectivity index (χ2v) is 4.32. The average molecular weight is 254 g/mol. The lowest BCUT2D eigenvalue weighted by Crippen LogP contribution is -2.11. The van der Waals surface area contributed by atoms with E-state index in [1.807, 2.05) is 42.5 Å². The quantitative estimate of drug-likeness (QED) is 0.853. The molecule has 0 aliphatic carbocycles. The number of benzene rings is 2. The maximum atomic E-state index is 11.9. The van der Waals surface area contributed by atoms with Gasteiger partial charge in [0.2, 0.25) is 0 Å². The van der Waals surface area contributed by atoms with Crippen LogP contribution < -0.4 is 10.6 Å². The molecule has 2 aromatic carbocycles. The number of carbonyl (C=O) groups excluding carboxylic acids is 1. The van der Waals surface area contributed by atoms with Crippen LogP contribution in [-0.4, -0.2) is 12.5 Å². The van der Waals surface area contributed by atoms with Crippen LogP contribution in [0.4, 0.5) is 11.4 Å². The van der Waals surface area contributed by atoms with Gasteiger partial charge in [-0.1, -0.05) is 25.1 Å². The van der Waals surface area contributed by atoms with Gasteiger partial charge in [0.1, 0.15) is 0 Å². The monoisotopic (exact) mass is 254 g/mol. The number of amides is 1. The molecule has 0 unspecified atom stereocenters. The van der Waals surface area contributed by atoms with E-state index in [0.717, 1.165) is 24.3 Å². The second-order valence-electron chi connectivity index (χ2n) is 4.32. The third kappa shape index (κ3) is 3.85. The van der Waals surface area contributed by atoms with E-state index < -0.39 is 0 Å². The van der Waals surface area contributed by atoms with Crippen LogP contribution in [0.15, 0.2) is 54.6 Å². The Kier molecular flexibility index (Phi) is 4.56. The van der Waals surface area contributed by atoms with E-state index in [2.05, 4.69) is 17.6 Å². The summed E-state index contributed by atoms with van der Waals surface area (Å²) in [5, 5.41) is 6.17. The largest absolute Gasteiger partial charge is 0.385 e. The molecule has 0 aromatic heterocycles. The highest BCUT2D eigenvalue weighted by molar-refractivity contribution is 6.04. The van der Waals surface area contributed by atoms with Gasteiger partial charge in [0.15, 0.2) is 0 Å². The zero-order valence-corrected chi connectivity index (χ0v) is 11.0. The number of nitrogens with one attached hydrogen (secondary N) is 2. The lowest BCUT2D eigenvalue weighted by molar-refractivity contribution is 0.102. The number of rotatable bonds is 5. The molecular formula is C16H18N2O. The molecule has 98 valence electrons. The van der Waals surface area contributed by atoms with Crippen molar-refractivity contribution in [3.8, 4) is 0 Å². The zero-order chi connectivity index (χ0) is 13.5. The molecule has 3 heteroatoms. The molecule has 1 amide bonds. The summed E-state index contributed by atoms with van der Waals surface area (Å²) in [6.45, 7) is 3.08. The molecule has 0 fully saturated rings. The predicted molar refractivity (Wildman–Crippen MR) is 79.6 cm³/mol. The van der Waals surface area contributed by atoms with Crippen LogP contribution in [0.1, 0.15) is 23.7 Å². The molecule has 19 heavy (non-hydrogen) atoms. The van der Waals surface area contributed by atoms with E-state index >= 15 is 0 Å². The lowest BCUT2D eigenvalue weighted by Gasteiger charge is -2.08. The maximum absolute atomic E-state index is 11.9. The summed E-state index contributed by atoms with van der Waals surface area (Å²) >= 11 is 0. The van der Waals surface area contributed by atoms with Gasteiger partial charge in [-0.15, -0.1) is 0 Å². The fraction of sp³-hybridized carbons (Fsp3) is 0.188. The van der Waals surface area contributed by atoms with E-state index in [1.165, 1.54) is 0 Å². The standard InChI is InChI=1S/C16H18N2O/c1-2-12-17-14-8-10-15(11-9-14)18-16(19)13-6-4-3-5-7-13/h3-11,17H,2,12H2,1H3,(H,18,19). The van der Waals surface area contributed by atoms with Crippen molar-refractivity contribution in [3.63, 3.8) is 0 Å². The summed E-state index contributed by atoms with van der Waals surface area (Å²) in [5.41, 5.74) is 2.53. The average Bonchev–Trinajstić information content (AvgIpc) is 2.47. The summed E-state index contributed by atoms with van der Waals surface area (Å²) < 4.78 is 0. The van der Waals surface area contributed by atoms with Crippen molar-refractivity contribution in [2.24, 2.45) is 0 Å². The molecule has 3 nitrogen and oxygen atoms in total. The van der Waals surface area contributed by atoms with Crippen molar-refractivity contribution in [2.75, 3.05) is 17.2 Å². The topological polar surface area (TPSA) is 41.1 Å². The molecule has 2 aromatic rings. The van der Waals surface area contributed by atoms with Crippen molar-refractivity contribution < 1.29 is 4.79 Å². The summed E-state index contributed by atoms with van der Waals surface area (Å²) in [5.74, 6) is -0.0881. The first-order chi connectivity index (χ1) is 9.29. The molecule has 2 N–H and O–H groups in total. The molecule has 0 saturated carbocycles. The van der Waals surface area contributed by atoms with E-state index in [4.69, 9.17) is 0 Å². The van der Waals surface area contributed by atoms with Crippen molar-refractivity contribution in [2.45, 2.75) is 13.3 Å². The van der Waals surface area contributed by atoms with Gasteiger partial charge < -0.3 is 10.6 Å². The molecule has 0 radical (unpaired) electrons. The van der Waals surface area contributed by atoms with Crippen LogP contribution in [0.5, 0.6) is 0 Å². The Morgan fingerprint density at radius 3 is 2.21 bits per heavy atom. The molecule has 0 bridgehead atoms. The molecule has 0 spiro atoms. The number of carbonyl (C=O) groups is 1. The summed E-state index contributed by atoms with van der Waals surface area (Å²) in [6, 6.07) is 16.9. The molecule has 0 heterocycles. The second kappa shape index (κ2) is 6.59. The Labute approximate surface area is 113 Å². The molecule has 0 aliphatic rings. The van der Waals surface area contributed by atoms with Gasteiger partial charge in [-0.3, -0.25) is 4.79 Å². The Bertz CT molecular complexity index is 520. The minimum Gasteiger partial charge on any atom is -0.385 e. The number of anilines is 2. The van der Waals surface area contributed by atoms with Gasteiger partial charge in [0.05, 0.1) is 0 Å². The van der Waals surface area contributed by atoms with E-state index in [1.54, 1.807) is 12.1 Å². The van der Waals surface area contributed by atoms with Crippen LogP contribution >= 0.6 is 0 Å². The summed E-state index contributed by atoms with van der Waals surface area (Å²) in [7, 11) is 0. The van der Waals surface area contributed by atoms with Gasteiger partial charge in [0, 0.05) is 23.5 Å². The minimum absolute atomic E-state index is 0.0881. The Hall–Kier alpha value is -2.29. The first-order valence-corrected chi connectivity index (χ1v) is 6.50. The van der Waals surface area contributed by atoms with Gasteiger partial charge in [-0.05, 0) is 42.8 Å². The number of hydrogen-bond acceptors (Lipinski definition) is 2. The van der Waals surface area contributed by atoms with Gasteiger partial charge in [-0.25, -0.2) is 0 Å². The zero-order valence-electron chi connectivity index (χ0n) is 11.0. The molecule has 0 saturated heterocycles. The normalized spacial score (nSPS) is 9.95. The molecule has 0 atom stereocenters. The van der Waals surface area contributed by atoms with Crippen molar-refractivity contribution in [1.82, 2.24) is 0 Å². The van der Waals surface area contributed by atoms with Crippen LogP contribution in [0.3, 0.4) is 0 Å². The fourth-order valence-electron chi connectivity index (χ4n) is 1.73. The van der Waals surface area contributed by atoms with Crippen molar-refractivity contribution in [3.05, 3.63) is 60.2 Å². The van der Waals surface area contributed by atoms with E-state index in [9.17, 15) is 4.79 Å². The Morgan fingerprint density at radius 1 is 0.947 bits per heavy atom. The van der Waals surface area contributed by atoms with Crippen molar-refractivity contribution >= 4 is 17.3 Å². The summed E-state index contributed by atoms with van der Waals surface area (Å²) in [6.07, 6.45) is 1.09. The van der Waals surface area contributed by atoms with Crippen molar-refractivity contribution in [1.29, 1.82) is 0 Å². The van der Waals surface area contributed by atoms with Crippen LogP contribution in [0.2, 0.25) is 0 Å². The van der Waals surface area contributed by atoms with E-state index in [0.29, 0.717) is 5.56 Å². The number of hydrogen-bond donors (Lipinski definition) is 2. The van der Waals surface area contributed by atoms with Gasteiger partial charge >= 0.3 is 0 Å². The molecule has 2 rings (SSSR count). The smallest absolute Gasteiger partial charge is 0.255 e. The molecular weight excluding hydrogens is 236 g/mol. The fourth-order valence-corrected chi connectivity index (χ4v) is 1.73. The minimum atomic E-state index is -0.0881. The van der Waals surface area contributed by atoms with Gasteiger partial charge in [0.25, 0.3) is 5.91 Å². The third-order valence-electron chi connectivity index (χ3n) is 2.76. The van der Waals surface area contributed by atoms with Crippen LogP contribution in [0, 0.1) is 0 Å². The highest BCUT2D eigenvalue weighted by Crippen LogP contribution is 2.14. The van der Waals surface area contributed by atoms with Crippen LogP contribution in [0.25, 0.3) is 0 Å².